The highest BCUT2D eigenvalue weighted by Gasteiger charge is 2.40. The predicted molar refractivity (Wildman–Crippen MR) is 96.6 cm³/mol. The van der Waals surface area contributed by atoms with Gasteiger partial charge in [0.2, 0.25) is 5.91 Å². The summed E-state index contributed by atoms with van der Waals surface area (Å²) >= 11 is 0. The lowest BCUT2D eigenvalue weighted by Crippen LogP contribution is -2.51. The molecule has 0 unspecified atom stereocenters. The van der Waals surface area contributed by atoms with Crippen molar-refractivity contribution in [1.29, 1.82) is 0 Å². The SMILES string of the molecule is CC(C)(C)CC(C)(C)C(=O)N1CCC(O)(Cc2ccccn2)CC1. The summed E-state index contributed by atoms with van der Waals surface area (Å²) in [4.78, 5) is 19.1. The van der Waals surface area contributed by atoms with Gasteiger partial charge in [0.1, 0.15) is 0 Å². The molecule has 1 aliphatic rings. The van der Waals surface area contributed by atoms with E-state index in [0.717, 1.165) is 12.1 Å². The number of piperidine rings is 1. The molecule has 0 spiro atoms. The third-order valence-electron chi connectivity index (χ3n) is 4.77. The van der Waals surface area contributed by atoms with E-state index in [1.165, 1.54) is 0 Å². The monoisotopic (exact) mass is 332 g/mol. The molecule has 0 atom stereocenters. The van der Waals surface area contributed by atoms with E-state index >= 15 is 0 Å². The minimum Gasteiger partial charge on any atom is -0.389 e. The van der Waals surface area contributed by atoms with Crippen LogP contribution < -0.4 is 0 Å². The Bertz CT molecular complexity index is 553. The van der Waals surface area contributed by atoms with E-state index in [4.69, 9.17) is 0 Å². The van der Waals surface area contributed by atoms with Gasteiger partial charge in [-0.2, -0.15) is 0 Å². The summed E-state index contributed by atoms with van der Waals surface area (Å²) in [6.45, 7) is 11.8. The summed E-state index contributed by atoms with van der Waals surface area (Å²) in [7, 11) is 0. The maximum Gasteiger partial charge on any atom is 0.228 e. The van der Waals surface area contributed by atoms with E-state index < -0.39 is 5.60 Å². The lowest BCUT2D eigenvalue weighted by molar-refractivity contribution is -0.146. The van der Waals surface area contributed by atoms with Crippen LogP contribution in [0.4, 0.5) is 0 Å². The zero-order valence-corrected chi connectivity index (χ0v) is 15.8. The van der Waals surface area contributed by atoms with Gasteiger partial charge in [-0.25, -0.2) is 0 Å². The van der Waals surface area contributed by atoms with Crippen LogP contribution in [0.25, 0.3) is 0 Å². The molecule has 4 nitrogen and oxygen atoms in total. The quantitative estimate of drug-likeness (QED) is 0.919. The van der Waals surface area contributed by atoms with Crippen molar-refractivity contribution in [3.05, 3.63) is 30.1 Å². The van der Waals surface area contributed by atoms with Gasteiger partial charge in [-0.15, -0.1) is 0 Å². The highest BCUT2D eigenvalue weighted by atomic mass is 16.3. The van der Waals surface area contributed by atoms with Crippen LogP contribution in [-0.4, -0.2) is 39.6 Å². The molecule has 2 heterocycles. The number of hydrogen-bond acceptors (Lipinski definition) is 3. The van der Waals surface area contributed by atoms with Crippen molar-refractivity contribution in [2.75, 3.05) is 13.1 Å². The van der Waals surface area contributed by atoms with E-state index in [2.05, 4.69) is 25.8 Å². The molecule has 2 rings (SSSR count). The second-order valence-electron chi connectivity index (χ2n) is 9.14. The molecule has 0 bridgehead atoms. The summed E-state index contributed by atoms with van der Waals surface area (Å²) in [6.07, 6.45) is 4.39. The Morgan fingerprint density at radius 3 is 2.33 bits per heavy atom. The maximum absolute atomic E-state index is 12.9. The topological polar surface area (TPSA) is 53.4 Å². The van der Waals surface area contributed by atoms with E-state index in [1.54, 1.807) is 6.20 Å². The number of rotatable bonds is 4. The molecule has 1 N–H and O–H groups in total. The van der Waals surface area contributed by atoms with Crippen LogP contribution in [0, 0.1) is 10.8 Å². The Balaban J connectivity index is 1.95. The van der Waals surface area contributed by atoms with Crippen LogP contribution in [-0.2, 0) is 11.2 Å². The first kappa shape index (κ1) is 18.9. The average molecular weight is 332 g/mol. The maximum atomic E-state index is 12.9. The van der Waals surface area contributed by atoms with Crippen LogP contribution in [0.1, 0.15) is 59.6 Å². The first-order valence-electron chi connectivity index (χ1n) is 8.93. The fraction of sp³-hybridized carbons (Fsp3) is 0.700. The lowest BCUT2D eigenvalue weighted by Gasteiger charge is -2.42. The molecule has 0 saturated carbocycles. The van der Waals surface area contributed by atoms with Crippen molar-refractivity contribution < 1.29 is 9.90 Å². The number of pyridine rings is 1. The highest BCUT2D eigenvalue weighted by molar-refractivity contribution is 5.82. The zero-order chi connectivity index (χ0) is 18.0. The van der Waals surface area contributed by atoms with Gasteiger partial charge < -0.3 is 10.0 Å². The Morgan fingerprint density at radius 1 is 1.21 bits per heavy atom. The van der Waals surface area contributed by atoms with Crippen molar-refractivity contribution in [3.8, 4) is 0 Å². The van der Waals surface area contributed by atoms with Crippen LogP contribution in [0.3, 0.4) is 0 Å². The molecular weight excluding hydrogens is 300 g/mol. The van der Waals surface area contributed by atoms with Crippen LogP contribution in [0.15, 0.2) is 24.4 Å². The number of aliphatic hydroxyl groups is 1. The predicted octanol–water partition coefficient (Wildman–Crippen LogP) is 3.44. The summed E-state index contributed by atoms with van der Waals surface area (Å²) in [5, 5.41) is 10.8. The Morgan fingerprint density at radius 2 is 1.83 bits per heavy atom. The molecule has 1 amide bonds. The molecule has 134 valence electrons. The summed E-state index contributed by atoms with van der Waals surface area (Å²) in [5.74, 6) is 0.206. The summed E-state index contributed by atoms with van der Waals surface area (Å²) in [6, 6.07) is 5.77. The molecule has 0 aromatic carbocycles. The van der Waals surface area contributed by atoms with Crippen molar-refractivity contribution in [2.24, 2.45) is 10.8 Å². The second-order valence-corrected chi connectivity index (χ2v) is 9.14. The molecule has 1 aromatic heterocycles. The largest absolute Gasteiger partial charge is 0.389 e. The Hall–Kier alpha value is -1.42. The first-order valence-corrected chi connectivity index (χ1v) is 8.93. The fourth-order valence-electron chi connectivity index (χ4n) is 3.97. The third-order valence-corrected chi connectivity index (χ3v) is 4.77. The fourth-order valence-corrected chi connectivity index (χ4v) is 3.97. The zero-order valence-electron chi connectivity index (χ0n) is 15.8. The van der Waals surface area contributed by atoms with Crippen molar-refractivity contribution in [3.63, 3.8) is 0 Å². The van der Waals surface area contributed by atoms with Gasteiger partial charge in [-0.3, -0.25) is 9.78 Å². The lowest BCUT2D eigenvalue weighted by atomic mass is 9.75. The highest BCUT2D eigenvalue weighted by Crippen LogP contribution is 2.36. The Labute approximate surface area is 146 Å². The van der Waals surface area contributed by atoms with Gasteiger partial charge >= 0.3 is 0 Å². The molecule has 0 aliphatic carbocycles. The van der Waals surface area contributed by atoms with E-state index in [-0.39, 0.29) is 16.7 Å². The van der Waals surface area contributed by atoms with E-state index in [1.807, 2.05) is 36.9 Å². The first-order chi connectivity index (χ1) is 11.0. The minimum absolute atomic E-state index is 0.120. The van der Waals surface area contributed by atoms with Gasteiger partial charge in [-0.05, 0) is 36.8 Å². The van der Waals surface area contributed by atoms with Crippen LogP contribution >= 0.6 is 0 Å². The van der Waals surface area contributed by atoms with Gasteiger partial charge in [-0.1, -0.05) is 40.7 Å². The number of carbonyl (C=O) groups excluding carboxylic acids is 1. The molecule has 1 aromatic rings. The number of amides is 1. The van der Waals surface area contributed by atoms with Gasteiger partial charge in [0.15, 0.2) is 0 Å². The molecule has 1 aliphatic heterocycles. The second kappa shape index (κ2) is 6.83. The molecule has 4 heteroatoms. The standard InChI is InChI=1S/C20H32N2O2/c1-18(2,3)15-19(4,5)17(23)22-12-9-20(24,10-13-22)14-16-8-6-7-11-21-16/h6-8,11,24H,9-10,12-15H2,1-5H3. The number of aromatic nitrogens is 1. The molecule has 0 radical (unpaired) electrons. The normalized spacial score (nSPS) is 18.5. The molecule has 1 fully saturated rings. The van der Waals surface area contributed by atoms with Crippen molar-refractivity contribution >= 4 is 5.91 Å². The smallest absolute Gasteiger partial charge is 0.228 e. The molecular formula is C20H32N2O2. The third kappa shape index (κ3) is 5.04. The number of carbonyl (C=O) groups is 1. The number of hydrogen-bond donors (Lipinski definition) is 1. The molecule has 1 saturated heterocycles. The van der Waals surface area contributed by atoms with Crippen molar-refractivity contribution in [1.82, 2.24) is 9.88 Å². The van der Waals surface area contributed by atoms with Gasteiger partial charge in [0, 0.05) is 36.8 Å². The van der Waals surface area contributed by atoms with E-state index in [0.29, 0.717) is 32.4 Å². The van der Waals surface area contributed by atoms with Crippen molar-refractivity contribution in [2.45, 2.75) is 65.9 Å². The minimum atomic E-state index is -0.751. The van der Waals surface area contributed by atoms with Crippen LogP contribution in [0.5, 0.6) is 0 Å². The number of nitrogens with zero attached hydrogens (tertiary/aromatic N) is 2. The summed E-state index contributed by atoms with van der Waals surface area (Å²) in [5.41, 5.74) is -0.0873. The Kier molecular flexibility index (Phi) is 5.38. The summed E-state index contributed by atoms with van der Waals surface area (Å²) < 4.78 is 0. The molecule has 24 heavy (non-hydrogen) atoms. The van der Waals surface area contributed by atoms with Gasteiger partial charge in [0.25, 0.3) is 0 Å². The number of likely N-dealkylation sites (tertiary alicyclic amines) is 1. The average Bonchev–Trinajstić information content (AvgIpc) is 2.45. The van der Waals surface area contributed by atoms with E-state index in [9.17, 15) is 9.90 Å². The van der Waals surface area contributed by atoms with Crippen LogP contribution in [0.2, 0.25) is 0 Å². The van der Waals surface area contributed by atoms with Gasteiger partial charge in [0.05, 0.1) is 5.60 Å².